The van der Waals surface area contributed by atoms with Gasteiger partial charge in [-0.25, -0.2) is 4.57 Å². The molecule has 0 fully saturated rings. The minimum Gasteiger partial charge on any atom is -1.00 e. The maximum absolute atomic E-state index is 4.15. The minimum absolute atomic E-state index is 0. The number of aromatic nitrogens is 3. The van der Waals surface area contributed by atoms with Crippen LogP contribution in [0.25, 0.3) is 5.82 Å². The van der Waals surface area contributed by atoms with E-state index in [1.807, 2.05) is 35.2 Å². The Hall–Kier alpha value is -1.04. The van der Waals surface area contributed by atoms with Crippen LogP contribution in [0.3, 0.4) is 0 Å². The zero-order valence-electron chi connectivity index (χ0n) is 6.84. The van der Waals surface area contributed by atoms with Gasteiger partial charge in [0, 0.05) is 0 Å². The lowest BCUT2D eigenvalue weighted by Gasteiger charge is -1.91. The van der Waals surface area contributed by atoms with Gasteiger partial charge < -0.3 is 24.0 Å². The highest BCUT2D eigenvalue weighted by Gasteiger charge is 2.02. The average molecular weight is 285 g/mol. The van der Waals surface area contributed by atoms with E-state index in [4.69, 9.17) is 0 Å². The SMILES string of the molecule is [I-].c1cc[n+](-c2cnccn2)cc1. The summed E-state index contributed by atoms with van der Waals surface area (Å²) in [6.45, 7) is 0. The highest BCUT2D eigenvalue weighted by atomic mass is 127. The van der Waals surface area contributed by atoms with Crippen molar-refractivity contribution in [2.24, 2.45) is 0 Å². The Kier molecular flexibility index (Phi) is 3.75. The second-order valence-electron chi connectivity index (χ2n) is 2.35. The van der Waals surface area contributed by atoms with E-state index in [-0.39, 0.29) is 24.0 Å². The molecule has 2 aromatic heterocycles. The molecule has 0 saturated heterocycles. The van der Waals surface area contributed by atoms with Gasteiger partial charge in [-0.05, 0) is 17.1 Å². The van der Waals surface area contributed by atoms with Gasteiger partial charge in [0.1, 0.15) is 6.20 Å². The first-order valence-electron chi connectivity index (χ1n) is 3.69. The van der Waals surface area contributed by atoms with Crippen molar-refractivity contribution in [1.29, 1.82) is 0 Å². The summed E-state index contributed by atoms with van der Waals surface area (Å²) in [5.41, 5.74) is 0. The van der Waals surface area contributed by atoms with Gasteiger partial charge in [0.2, 0.25) is 0 Å². The Bertz CT molecular complexity index is 312. The lowest BCUT2D eigenvalue weighted by Crippen LogP contribution is -3.00. The Morgan fingerprint density at radius 1 is 1.00 bits per heavy atom. The van der Waals surface area contributed by atoms with E-state index in [0.717, 1.165) is 5.82 Å². The fourth-order valence-corrected chi connectivity index (χ4v) is 0.976. The molecular formula is C9H8IN3. The molecule has 4 heteroatoms. The Labute approximate surface area is 93.5 Å². The van der Waals surface area contributed by atoms with Crippen molar-refractivity contribution in [2.45, 2.75) is 0 Å². The van der Waals surface area contributed by atoms with Crippen molar-refractivity contribution in [2.75, 3.05) is 0 Å². The van der Waals surface area contributed by atoms with E-state index >= 15 is 0 Å². The van der Waals surface area contributed by atoms with Gasteiger partial charge in [-0.3, -0.25) is 4.98 Å². The fourth-order valence-electron chi connectivity index (χ4n) is 0.976. The van der Waals surface area contributed by atoms with Crippen molar-refractivity contribution in [1.82, 2.24) is 9.97 Å². The zero-order valence-corrected chi connectivity index (χ0v) is 9.00. The molecule has 0 aliphatic carbocycles. The number of halogens is 1. The van der Waals surface area contributed by atoms with Gasteiger partial charge in [-0.1, -0.05) is 6.07 Å². The van der Waals surface area contributed by atoms with E-state index in [1.54, 1.807) is 18.6 Å². The molecule has 0 amide bonds. The van der Waals surface area contributed by atoms with Gasteiger partial charge >= 0.3 is 5.82 Å². The summed E-state index contributed by atoms with van der Waals surface area (Å²) in [6, 6.07) is 5.87. The maximum Gasteiger partial charge on any atom is 0.345 e. The third-order valence-corrected chi connectivity index (χ3v) is 1.53. The molecule has 0 radical (unpaired) electrons. The van der Waals surface area contributed by atoms with Gasteiger partial charge in [-0.15, -0.1) is 0 Å². The summed E-state index contributed by atoms with van der Waals surface area (Å²) in [5, 5.41) is 0. The first kappa shape index (κ1) is 10.0. The van der Waals surface area contributed by atoms with E-state index in [1.165, 1.54) is 0 Å². The van der Waals surface area contributed by atoms with Crippen LogP contribution < -0.4 is 28.5 Å². The van der Waals surface area contributed by atoms with E-state index in [2.05, 4.69) is 9.97 Å². The van der Waals surface area contributed by atoms with Crippen LogP contribution in [0.1, 0.15) is 0 Å². The second kappa shape index (κ2) is 4.86. The second-order valence-corrected chi connectivity index (χ2v) is 2.35. The smallest absolute Gasteiger partial charge is 0.345 e. The first-order chi connectivity index (χ1) is 5.97. The van der Waals surface area contributed by atoms with E-state index < -0.39 is 0 Å². The third-order valence-electron chi connectivity index (χ3n) is 1.53. The maximum atomic E-state index is 4.15. The normalized spacial score (nSPS) is 8.92. The predicted octanol–water partition coefficient (Wildman–Crippen LogP) is -2.24. The molecule has 0 atom stereocenters. The number of hydrogen-bond acceptors (Lipinski definition) is 2. The molecule has 2 aromatic rings. The topological polar surface area (TPSA) is 29.7 Å². The first-order valence-corrected chi connectivity index (χ1v) is 3.69. The Balaban J connectivity index is 0.000000845. The Morgan fingerprint density at radius 2 is 1.77 bits per heavy atom. The van der Waals surface area contributed by atoms with Crippen LogP contribution >= 0.6 is 0 Å². The number of nitrogens with zero attached hydrogens (tertiary/aromatic N) is 3. The van der Waals surface area contributed by atoms with Gasteiger partial charge in [0.25, 0.3) is 0 Å². The number of pyridine rings is 1. The molecule has 0 unspecified atom stereocenters. The molecule has 0 aromatic carbocycles. The summed E-state index contributed by atoms with van der Waals surface area (Å²) < 4.78 is 1.91. The summed E-state index contributed by atoms with van der Waals surface area (Å²) in [6.07, 6.45) is 8.93. The van der Waals surface area contributed by atoms with Gasteiger partial charge in [0.15, 0.2) is 6.20 Å². The molecule has 0 N–H and O–H groups in total. The highest BCUT2D eigenvalue weighted by Crippen LogP contribution is 1.88. The third kappa shape index (κ3) is 2.45. The molecular weight excluding hydrogens is 277 g/mol. The van der Waals surface area contributed by atoms with Crippen molar-refractivity contribution < 1.29 is 28.5 Å². The van der Waals surface area contributed by atoms with Crippen LogP contribution in [-0.2, 0) is 0 Å². The van der Waals surface area contributed by atoms with Crippen molar-refractivity contribution in [3.05, 3.63) is 49.2 Å². The monoisotopic (exact) mass is 285 g/mol. The van der Waals surface area contributed by atoms with E-state index in [0.29, 0.717) is 0 Å². The Morgan fingerprint density at radius 3 is 2.38 bits per heavy atom. The summed E-state index contributed by atoms with van der Waals surface area (Å²) in [4.78, 5) is 8.13. The predicted molar refractivity (Wildman–Crippen MR) is 43.6 cm³/mol. The van der Waals surface area contributed by atoms with Gasteiger partial charge in [0.05, 0.1) is 18.6 Å². The van der Waals surface area contributed by atoms with E-state index in [9.17, 15) is 0 Å². The minimum atomic E-state index is 0. The summed E-state index contributed by atoms with van der Waals surface area (Å²) in [7, 11) is 0. The summed E-state index contributed by atoms with van der Waals surface area (Å²) >= 11 is 0. The standard InChI is InChI=1S/C9H8N3.HI/c1-2-6-12(7-3-1)9-8-10-4-5-11-9;/h1-8H;1H/q+1;/p-1. The van der Waals surface area contributed by atoms with Crippen LogP contribution in [0.4, 0.5) is 0 Å². The van der Waals surface area contributed by atoms with Crippen molar-refractivity contribution >= 4 is 0 Å². The molecule has 66 valence electrons. The molecule has 0 aliphatic heterocycles. The lowest BCUT2D eigenvalue weighted by molar-refractivity contribution is -0.599. The number of rotatable bonds is 1. The molecule has 2 rings (SSSR count). The molecule has 3 nitrogen and oxygen atoms in total. The number of hydrogen-bond donors (Lipinski definition) is 0. The molecule has 0 aliphatic rings. The molecule has 2 heterocycles. The van der Waals surface area contributed by atoms with Crippen LogP contribution in [-0.4, -0.2) is 9.97 Å². The van der Waals surface area contributed by atoms with Crippen molar-refractivity contribution in [3.8, 4) is 5.82 Å². The zero-order chi connectivity index (χ0) is 8.23. The quantitative estimate of drug-likeness (QED) is 0.438. The van der Waals surface area contributed by atoms with Crippen LogP contribution in [0.2, 0.25) is 0 Å². The fraction of sp³-hybridized carbons (Fsp3) is 0. The van der Waals surface area contributed by atoms with Crippen LogP contribution in [0, 0.1) is 0 Å². The highest BCUT2D eigenvalue weighted by molar-refractivity contribution is 5.02. The molecule has 0 saturated carbocycles. The summed E-state index contributed by atoms with van der Waals surface area (Å²) in [5.74, 6) is 0.832. The average Bonchev–Trinajstić information content (AvgIpc) is 2.21. The van der Waals surface area contributed by atoms with Crippen LogP contribution in [0.15, 0.2) is 49.2 Å². The van der Waals surface area contributed by atoms with Gasteiger partial charge in [-0.2, -0.15) is 0 Å². The molecule has 13 heavy (non-hydrogen) atoms. The largest absolute Gasteiger partial charge is 1.00 e. The van der Waals surface area contributed by atoms with Crippen molar-refractivity contribution in [3.63, 3.8) is 0 Å². The molecule has 0 spiro atoms. The van der Waals surface area contributed by atoms with Crippen LogP contribution in [0.5, 0.6) is 0 Å². The molecule has 0 bridgehead atoms. The lowest BCUT2D eigenvalue weighted by atomic mass is 10.5.